The van der Waals surface area contributed by atoms with E-state index in [4.69, 9.17) is 4.74 Å². The van der Waals surface area contributed by atoms with Gasteiger partial charge in [0.25, 0.3) is 5.91 Å². The van der Waals surface area contributed by atoms with E-state index in [0.29, 0.717) is 0 Å². The van der Waals surface area contributed by atoms with Crippen LogP contribution in [0.3, 0.4) is 0 Å². The molecule has 5 rings (SSSR count). The lowest BCUT2D eigenvalue weighted by molar-refractivity contribution is 0.0621. The fraction of sp³-hybridized carbons (Fsp3) is 0.333. The number of carbonyl (C=O) groups excluding carboxylic acids is 1. The number of pyridine rings is 1. The lowest BCUT2D eigenvalue weighted by Crippen LogP contribution is -2.44. The lowest BCUT2D eigenvalue weighted by atomic mass is 9.84. The molecule has 0 saturated heterocycles. The van der Waals surface area contributed by atoms with Crippen LogP contribution in [0.2, 0.25) is 0 Å². The molecule has 2 aromatic heterocycles. The molecule has 0 saturated carbocycles. The maximum absolute atomic E-state index is 13.2. The van der Waals surface area contributed by atoms with Crippen molar-refractivity contribution in [1.29, 1.82) is 0 Å². The van der Waals surface area contributed by atoms with Crippen molar-refractivity contribution in [2.45, 2.75) is 31.9 Å². The highest BCUT2D eigenvalue weighted by Crippen LogP contribution is 2.41. The average molecular weight is 347 g/mol. The Morgan fingerprint density at radius 1 is 1.27 bits per heavy atom. The minimum absolute atomic E-state index is 0.0522. The van der Waals surface area contributed by atoms with Gasteiger partial charge in [0.2, 0.25) is 0 Å². The molecular formula is C21H21N3O2. The van der Waals surface area contributed by atoms with E-state index in [9.17, 15) is 4.79 Å². The number of hydrogen-bond donors (Lipinski definition) is 1. The molecule has 1 amide bonds. The van der Waals surface area contributed by atoms with Crippen molar-refractivity contribution < 1.29 is 9.53 Å². The molecule has 26 heavy (non-hydrogen) atoms. The number of nitrogens with one attached hydrogen (secondary N) is 1. The molecular weight excluding hydrogens is 326 g/mol. The van der Waals surface area contributed by atoms with Gasteiger partial charge in [0.1, 0.15) is 0 Å². The molecule has 0 radical (unpaired) electrons. The summed E-state index contributed by atoms with van der Waals surface area (Å²) in [5.41, 5.74) is 6.51. The number of methoxy groups -OCH3 is 1. The number of H-pyrrole nitrogens is 1. The smallest absolute Gasteiger partial charge is 0.256 e. The zero-order chi connectivity index (χ0) is 17.8. The first kappa shape index (κ1) is 15.6. The Hall–Kier alpha value is -2.66. The molecule has 5 heteroatoms. The second-order valence-corrected chi connectivity index (χ2v) is 7.16. The molecule has 0 spiro atoms. The van der Waals surface area contributed by atoms with Gasteiger partial charge in [-0.1, -0.05) is 18.2 Å². The van der Waals surface area contributed by atoms with E-state index in [0.717, 1.165) is 41.6 Å². The van der Waals surface area contributed by atoms with Crippen molar-refractivity contribution in [3.8, 4) is 0 Å². The first-order valence-corrected chi connectivity index (χ1v) is 9.09. The zero-order valence-electron chi connectivity index (χ0n) is 15.0. The summed E-state index contributed by atoms with van der Waals surface area (Å²) in [4.78, 5) is 23.1. The molecule has 5 nitrogen and oxygen atoms in total. The fourth-order valence-electron chi connectivity index (χ4n) is 4.51. The average Bonchev–Trinajstić information content (AvgIpc) is 3.06. The number of para-hydroxylation sites is 1. The Bertz CT molecular complexity index is 1020. The molecule has 1 aromatic carbocycles. The van der Waals surface area contributed by atoms with Gasteiger partial charge in [-0.25, -0.2) is 0 Å². The Morgan fingerprint density at radius 2 is 2.12 bits per heavy atom. The summed E-state index contributed by atoms with van der Waals surface area (Å²) in [5.74, 6) is 0.0817. The molecule has 132 valence electrons. The van der Waals surface area contributed by atoms with Crippen LogP contribution in [0.1, 0.15) is 51.8 Å². The highest BCUT2D eigenvalue weighted by molar-refractivity contribution is 5.98. The summed E-state index contributed by atoms with van der Waals surface area (Å²) >= 11 is 0. The van der Waals surface area contributed by atoms with Gasteiger partial charge in [-0.05, 0) is 37.0 Å². The predicted molar refractivity (Wildman–Crippen MR) is 99.1 cm³/mol. The minimum Gasteiger partial charge on any atom is -0.377 e. The van der Waals surface area contributed by atoms with Crippen molar-refractivity contribution in [2.75, 3.05) is 13.7 Å². The standard InChI is InChI=1S/C21H21N3O2/c1-12(26-2)16-10-22-11-17-15(16)9-19-20-14(7-8-24(19)21(17)25)13-5-3-4-6-18(13)23-20/h3-6,10-12,19,23H,7-9H2,1-2H3/t12-,19+/m1/s1. The van der Waals surface area contributed by atoms with E-state index in [2.05, 4.69) is 28.2 Å². The highest BCUT2D eigenvalue weighted by Gasteiger charge is 2.39. The second-order valence-electron chi connectivity index (χ2n) is 7.16. The monoisotopic (exact) mass is 347 g/mol. The molecule has 2 atom stereocenters. The molecule has 0 aliphatic carbocycles. The largest absolute Gasteiger partial charge is 0.377 e. The van der Waals surface area contributed by atoms with Gasteiger partial charge in [-0.3, -0.25) is 9.78 Å². The van der Waals surface area contributed by atoms with Gasteiger partial charge in [-0.15, -0.1) is 0 Å². The van der Waals surface area contributed by atoms with E-state index in [1.54, 1.807) is 13.3 Å². The number of carbonyl (C=O) groups is 1. The minimum atomic E-state index is -0.0809. The van der Waals surface area contributed by atoms with E-state index >= 15 is 0 Å². The lowest BCUT2D eigenvalue weighted by Gasteiger charge is -2.40. The third-order valence-electron chi connectivity index (χ3n) is 5.93. The van der Waals surface area contributed by atoms with Crippen LogP contribution < -0.4 is 0 Å². The highest BCUT2D eigenvalue weighted by atomic mass is 16.5. The number of aromatic amines is 1. The SMILES string of the molecule is CO[C@H](C)c1cncc2c1C[C@H]1c3[nH]c4ccccc4c3CCN1C2=O. The Balaban J connectivity index is 1.67. The summed E-state index contributed by atoms with van der Waals surface area (Å²) in [6.45, 7) is 2.76. The third kappa shape index (κ3) is 2.07. The number of aromatic nitrogens is 2. The van der Waals surface area contributed by atoms with Gasteiger partial charge >= 0.3 is 0 Å². The number of fused-ring (bicyclic) bond motifs is 6. The maximum Gasteiger partial charge on any atom is 0.256 e. The fourth-order valence-corrected chi connectivity index (χ4v) is 4.51. The molecule has 0 bridgehead atoms. The predicted octanol–water partition coefficient (Wildman–Crippen LogP) is 3.57. The van der Waals surface area contributed by atoms with Gasteiger partial charge < -0.3 is 14.6 Å². The van der Waals surface area contributed by atoms with E-state index in [-0.39, 0.29) is 18.1 Å². The van der Waals surface area contributed by atoms with Crippen molar-refractivity contribution in [3.63, 3.8) is 0 Å². The van der Waals surface area contributed by atoms with Gasteiger partial charge in [-0.2, -0.15) is 0 Å². The van der Waals surface area contributed by atoms with Crippen LogP contribution in [0.25, 0.3) is 10.9 Å². The van der Waals surface area contributed by atoms with E-state index in [1.165, 1.54) is 16.6 Å². The summed E-state index contributed by atoms with van der Waals surface area (Å²) in [5, 5.41) is 1.28. The third-order valence-corrected chi connectivity index (χ3v) is 5.93. The molecule has 0 unspecified atom stereocenters. The molecule has 1 N–H and O–H groups in total. The van der Waals surface area contributed by atoms with Crippen molar-refractivity contribution >= 4 is 16.8 Å². The van der Waals surface area contributed by atoms with Gasteiger partial charge in [0.15, 0.2) is 0 Å². The first-order valence-electron chi connectivity index (χ1n) is 9.09. The number of amides is 1. The Kier molecular flexibility index (Phi) is 3.40. The molecule has 4 heterocycles. The zero-order valence-corrected chi connectivity index (χ0v) is 15.0. The van der Waals surface area contributed by atoms with Crippen LogP contribution >= 0.6 is 0 Å². The number of rotatable bonds is 2. The molecule has 2 aliphatic rings. The Morgan fingerprint density at radius 3 is 2.96 bits per heavy atom. The van der Waals surface area contributed by atoms with Crippen LogP contribution in [-0.4, -0.2) is 34.4 Å². The number of ether oxygens (including phenoxy) is 1. The van der Waals surface area contributed by atoms with Crippen LogP contribution in [0.5, 0.6) is 0 Å². The first-order chi connectivity index (χ1) is 12.7. The molecule has 0 fully saturated rings. The van der Waals surface area contributed by atoms with E-state index in [1.807, 2.05) is 24.1 Å². The molecule has 3 aromatic rings. The summed E-state index contributed by atoms with van der Waals surface area (Å²) < 4.78 is 5.52. The summed E-state index contributed by atoms with van der Waals surface area (Å²) in [7, 11) is 1.69. The van der Waals surface area contributed by atoms with E-state index < -0.39 is 0 Å². The second kappa shape index (κ2) is 5.68. The number of benzene rings is 1. The van der Waals surface area contributed by atoms with Gasteiger partial charge in [0.05, 0.1) is 17.7 Å². The van der Waals surface area contributed by atoms with Gasteiger partial charge in [0, 0.05) is 48.2 Å². The van der Waals surface area contributed by atoms with Crippen LogP contribution in [-0.2, 0) is 17.6 Å². The van der Waals surface area contributed by atoms with Crippen LogP contribution in [0, 0.1) is 0 Å². The van der Waals surface area contributed by atoms with Crippen LogP contribution in [0.4, 0.5) is 0 Å². The quantitative estimate of drug-likeness (QED) is 0.771. The number of nitrogens with zero attached hydrogens (tertiary/aromatic N) is 2. The van der Waals surface area contributed by atoms with Crippen molar-refractivity contribution in [3.05, 3.63) is 64.6 Å². The topological polar surface area (TPSA) is 58.2 Å². The normalized spacial score (nSPS) is 19.8. The maximum atomic E-state index is 13.2. The summed E-state index contributed by atoms with van der Waals surface area (Å²) in [6.07, 6.45) is 5.15. The van der Waals surface area contributed by atoms with Crippen molar-refractivity contribution in [1.82, 2.24) is 14.9 Å². The molecule has 2 aliphatic heterocycles. The van der Waals surface area contributed by atoms with Crippen LogP contribution in [0.15, 0.2) is 36.7 Å². The number of hydrogen-bond acceptors (Lipinski definition) is 3. The Labute approximate surface area is 152 Å². The van der Waals surface area contributed by atoms with Crippen molar-refractivity contribution in [2.24, 2.45) is 0 Å². The summed E-state index contributed by atoms with van der Waals surface area (Å²) in [6, 6.07) is 8.46.